The van der Waals surface area contributed by atoms with Gasteiger partial charge in [0.05, 0.1) is 0 Å². The molecule has 0 fully saturated rings. The molecule has 3 nitrogen and oxygen atoms in total. The largest absolute Gasteiger partial charge is 0.339 e. The van der Waals surface area contributed by atoms with E-state index in [1.807, 2.05) is 20.8 Å². The number of aryl methyl sites for hydroxylation is 1. The molecule has 12 heavy (non-hydrogen) atoms. The van der Waals surface area contributed by atoms with Crippen molar-refractivity contribution in [3.05, 3.63) is 11.7 Å². The van der Waals surface area contributed by atoms with E-state index < -0.39 is 0 Å². The van der Waals surface area contributed by atoms with Crippen molar-refractivity contribution in [1.29, 1.82) is 0 Å². The van der Waals surface area contributed by atoms with E-state index in [4.69, 9.17) is 16.1 Å². The third kappa shape index (κ3) is 2.21. The van der Waals surface area contributed by atoms with Crippen molar-refractivity contribution in [2.24, 2.45) is 0 Å². The fraction of sp³-hybridized carbons (Fsp3) is 0.750. The first-order valence-corrected chi connectivity index (χ1v) is 4.46. The molecule has 0 unspecified atom stereocenters. The van der Waals surface area contributed by atoms with Gasteiger partial charge in [0, 0.05) is 17.7 Å². The van der Waals surface area contributed by atoms with Gasteiger partial charge in [0.1, 0.15) is 0 Å². The molecule has 0 aliphatic carbocycles. The van der Waals surface area contributed by atoms with Gasteiger partial charge in [-0.25, -0.2) is 0 Å². The maximum Gasteiger partial charge on any atom is 0.227 e. The van der Waals surface area contributed by atoms with Crippen LogP contribution in [0.5, 0.6) is 0 Å². The maximum atomic E-state index is 5.53. The van der Waals surface area contributed by atoms with Gasteiger partial charge < -0.3 is 4.52 Å². The van der Waals surface area contributed by atoms with Gasteiger partial charge in [-0.15, -0.1) is 11.6 Å². The zero-order chi connectivity index (χ0) is 9.19. The van der Waals surface area contributed by atoms with E-state index in [2.05, 4.69) is 10.1 Å². The van der Waals surface area contributed by atoms with E-state index in [-0.39, 0.29) is 5.41 Å². The Morgan fingerprint density at radius 1 is 1.42 bits per heavy atom. The zero-order valence-corrected chi connectivity index (χ0v) is 8.35. The van der Waals surface area contributed by atoms with Crippen LogP contribution in [0.15, 0.2) is 4.52 Å². The Morgan fingerprint density at radius 2 is 2.08 bits per heavy atom. The van der Waals surface area contributed by atoms with Crippen LogP contribution in [0, 0.1) is 0 Å². The fourth-order valence-corrected chi connectivity index (χ4v) is 0.904. The highest BCUT2D eigenvalue weighted by Gasteiger charge is 2.20. The van der Waals surface area contributed by atoms with E-state index in [0.29, 0.717) is 18.2 Å². The molecular formula is C8H13ClN2O. The maximum absolute atomic E-state index is 5.53. The second-order valence-electron chi connectivity index (χ2n) is 3.70. The highest BCUT2D eigenvalue weighted by Crippen LogP contribution is 2.18. The van der Waals surface area contributed by atoms with E-state index in [9.17, 15) is 0 Å². The summed E-state index contributed by atoms with van der Waals surface area (Å²) in [6, 6.07) is 0. The molecule has 0 bridgehead atoms. The van der Waals surface area contributed by atoms with E-state index >= 15 is 0 Å². The summed E-state index contributed by atoms with van der Waals surface area (Å²) in [5.74, 6) is 1.88. The Morgan fingerprint density at radius 3 is 2.50 bits per heavy atom. The number of rotatable bonds is 2. The minimum Gasteiger partial charge on any atom is -0.339 e. The Kier molecular flexibility index (Phi) is 2.73. The van der Waals surface area contributed by atoms with Crippen LogP contribution in [0.25, 0.3) is 0 Å². The summed E-state index contributed by atoms with van der Waals surface area (Å²) in [4.78, 5) is 4.21. The molecule has 0 aliphatic heterocycles. The van der Waals surface area contributed by atoms with Crippen LogP contribution in [-0.4, -0.2) is 16.0 Å². The zero-order valence-electron chi connectivity index (χ0n) is 7.59. The molecule has 0 spiro atoms. The smallest absolute Gasteiger partial charge is 0.227 e. The summed E-state index contributed by atoms with van der Waals surface area (Å²) in [6.07, 6.45) is 0.643. The van der Waals surface area contributed by atoms with Crippen LogP contribution in [0.4, 0.5) is 0 Å². The summed E-state index contributed by atoms with van der Waals surface area (Å²) in [5, 5.41) is 3.86. The van der Waals surface area contributed by atoms with Crippen molar-refractivity contribution in [3.63, 3.8) is 0 Å². The van der Waals surface area contributed by atoms with E-state index in [1.54, 1.807) is 0 Å². The van der Waals surface area contributed by atoms with Crippen LogP contribution < -0.4 is 0 Å². The quantitative estimate of drug-likeness (QED) is 0.668. The second kappa shape index (κ2) is 3.44. The topological polar surface area (TPSA) is 38.9 Å². The summed E-state index contributed by atoms with van der Waals surface area (Å²) in [6.45, 7) is 6.13. The summed E-state index contributed by atoms with van der Waals surface area (Å²) in [7, 11) is 0. The molecule has 0 radical (unpaired) electrons. The number of aromatic nitrogens is 2. The molecule has 0 saturated heterocycles. The summed E-state index contributed by atoms with van der Waals surface area (Å²) < 4.78 is 4.99. The Hall–Kier alpha value is -0.570. The van der Waals surface area contributed by atoms with Gasteiger partial charge in [0.25, 0.3) is 0 Å². The highest BCUT2D eigenvalue weighted by molar-refractivity contribution is 6.17. The Bertz CT molecular complexity index is 252. The van der Waals surface area contributed by atoms with Crippen LogP contribution in [-0.2, 0) is 11.8 Å². The van der Waals surface area contributed by atoms with E-state index in [1.165, 1.54) is 0 Å². The lowest BCUT2D eigenvalue weighted by molar-refractivity contribution is 0.366. The van der Waals surface area contributed by atoms with Crippen molar-refractivity contribution in [3.8, 4) is 0 Å². The first kappa shape index (κ1) is 9.52. The Balaban J connectivity index is 2.77. The predicted octanol–water partition coefficient (Wildman–Crippen LogP) is 2.15. The predicted molar refractivity (Wildman–Crippen MR) is 47.4 cm³/mol. The molecule has 0 aliphatic rings. The molecule has 1 rings (SSSR count). The first-order chi connectivity index (χ1) is 5.54. The van der Waals surface area contributed by atoms with Gasteiger partial charge >= 0.3 is 0 Å². The third-order valence-corrected chi connectivity index (χ3v) is 1.64. The highest BCUT2D eigenvalue weighted by atomic mass is 35.5. The van der Waals surface area contributed by atoms with Crippen molar-refractivity contribution < 1.29 is 4.52 Å². The number of halogens is 1. The van der Waals surface area contributed by atoms with Gasteiger partial charge in [0.2, 0.25) is 5.89 Å². The van der Waals surface area contributed by atoms with Gasteiger partial charge in [-0.3, -0.25) is 0 Å². The fourth-order valence-electron chi connectivity index (χ4n) is 0.742. The SMILES string of the molecule is CC(C)(C)c1noc(CCCl)n1. The first-order valence-electron chi connectivity index (χ1n) is 3.93. The van der Waals surface area contributed by atoms with Gasteiger partial charge in [-0.05, 0) is 0 Å². The minimum absolute atomic E-state index is 0.0476. The molecule has 68 valence electrons. The Labute approximate surface area is 77.1 Å². The average Bonchev–Trinajstić information content (AvgIpc) is 2.35. The van der Waals surface area contributed by atoms with Crippen molar-refractivity contribution in [1.82, 2.24) is 10.1 Å². The van der Waals surface area contributed by atoms with Crippen LogP contribution in [0.2, 0.25) is 0 Å². The number of hydrogen-bond donors (Lipinski definition) is 0. The van der Waals surface area contributed by atoms with Crippen LogP contribution >= 0.6 is 11.6 Å². The molecule has 1 aromatic rings. The van der Waals surface area contributed by atoms with Crippen molar-refractivity contribution >= 4 is 11.6 Å². The average molecular weight is 189 g/mol. The number of alkyl halides is 1. The molecule has 1 aromatic heterocycles. The second-order valence-corrected chi connectivity index (χ2v) is 4.08. The van der Waals surface area contributed by atoms with Crippen LogP contribution in [0.3, 0.4) is 0 Å². The van der Waals surface area contributed by atoms with Gasteiger partial charge in [-0.1, -0.05) is 25.9 Å². The lowest BCUT2D eigenvalue weighted by atomic mass is 9.96. The molecule has 0 N–H and O–H groups in total. The standard InChI is InChI=1S/C8H13ClN2O/c1-8(2,3)7-10-6(4-5-9)12-11-7/h4-5H2,1-3H3. The molecule has 0 saturated carbocycles. The molecule has 0 amide bonds. The minimum atomic E-state index is -0.0476. The van der Waals surface area contributed by atoms with Crippen molar-refractivity contribution in [2.75, 3.05) is 5.88 Å². The molecule has 0 aromatic carbocycles. The van der Waals surface area contributed by atoms with E-state index in [0.717, 1.165) is 5.82 Å². The lowest BCUT2D eigenvalue weighted by Crippen LogP contribution is -2.13. The van der Waals surface area contributed by atoms with Gasteiger partial charge in [0.15, 0.2) is 5.82 Å². The molecular weight excluding hydrogens is 176 g/mol. The molecule has 4 heteroatoms. The number of nitrogens with zero attached hydrogens (tertiary/aromatic N) is 2. The molecule has 1 heterocycles. The number of hydrogen-bond acceptors (Lipinski definition) is 3. The monoisotopic (exact) mass is 188 g/mol. The summed E-state index contributed by atoms with van der Waals surface area (Å²) >= 11 is 5.53. The van der Waals surface area contributed by atoms with Crippen LogP contribution in [0.1, 0.15) is 32.5 Å². The molecule has 0 atom stereocenters. The van der Waals surface area contributed by atoms with Gasteiger partial charge in [-0.2, -0.15) is 4.98 Å². The third-order valence-electron chi connectivity index (χ3n) is 1.45. The summed E-state index contributed by atoms with van der Waals surface area (Å²) in [5.41, 5.74) is -0.0476. The lowest BCUT2D eigenvalue weighted by Gasteiger charge is -2.10. The van der Waals surface area contributed by atoms with Crippen molar-refractivity contribution in [2.45, 2.75) is 32.6 Å². The normalized spacial score (nSPS) is 12.0.